The van der Waals surface area contributed by atoms with Gasteiger partial charge < -0.3 is 19.4 Å². The van der Waals surface area contributed by atoms with Crippen molar-refractivity contribution in [3.8, 4) is 0 Å². The van der Waals surface area contributed by atoms with Gasteiger partial charge in [0.15, 0.2) is 6.29 Å². The molecule has 134 valence electrons. The van der Waals surface area contributed by atoms with E-state index in [0.717, 1.165) is 32.4 Å². The summed E-state index contributed by atoms with van der Waals surface area (Å²) in [6, 6.07) is 6.31. The summed E-state index contributed by atoms with van der Waals surface area (Å²) in [4.78, 5) is 18.0. The minimum absolute atomic E-state index is 0.118. The number of amides is 1. The number of ether oxygens (including phenoxy) is 2. The first-order valence-corrected chi connectivity index (χ1v) is 9.29. The highest BCUT2D eigenvalue weighted by atomic mass is 16.7. The summed E-state index contributed by atoms with van der Waals surface area (Å²) in [6.45, 7) is 5.07. The van der Waals surface area contributed by atoms with Crippen LogP contribution in [0, 0.1) is 12.8 Å². The van der Waals surface area contributed by atoms with Gasteiger partial charge in [-0.05, 0) is 37.3 Å². The highest BCUT2D eigenvalue weighted by Gasteiger charge is 2.32. The van der Waals surface area contributed by atoms with Crippen LogP contribution in [-0.4, -0.2) is 48.4 Å². The Morgan fingerprint density at radius 1 is 1.32 bits per heavy atom. The molecule has 1 N–H and O–H groups in total. The van der Waals surface area contributed by atoms with Gasteiger partial charge in [-0.3, -0.25) is 4.79 Å². The predicted octanol–water partition coefficient (Wildman–Crippen LogP) is 3.02. The average Bonchev–Trinajstić information content (AvgIpc) is 3.30. The molecule has 3 heterocycles. The van der Waals surface area contributed by atoms with Crippen molar-refractivity contribution in [3.05, 3.63) is 35.5 Å². The lowest BCUT2D eigenvalue weighted by Crippen LogP contribution is -2.43. The Bertz CT molecular complexity index is 748. The summed E-state index contributed by atoms with van der Waals surface area (Å²) in [5, 5.41) is 1.23. The highest BCUT2D eigenvalue weighted by molar-refractivity contribution is 5.86. The topological polar surface area (TPSA) is 54.6 Å². The molecule has 5 nitrogen and oxygen atoms in total. The second kappa shape index (κ2) is 7.18. The number of hydrogen-bond donors (Lipinski definition) is 1. The Morgan fingerprint density at radius 2 is 2.16 bits per heavy atom. The number of H-pyrrole nitrogens is 1. The standard InChI is InChI=1S/C20H26N2O3/c1-14-4-2-6-17-15(12-21-19(14)17)7-8-18(23)22-9-3-5-16(13-22)20-24-10-11-25-20/h2,4,6,12,16,20-21H,3,5,7-11,13H2,1H3. The van der Waals surface area contributed by atoms with Crippen LogP contribution in [0.25, 0.3) is 10.9 Å². The smallest absolute Gasteiger partial charge is 0.222 e. The van der Waals surface area contributed by atoms with Gasteiger partial charge in [0.2, 0.25) is 5.91 Å². The van der Waals surface area contributed by atoms with Gasteiger partial charge in [0.05, 0.1) is 13.2 Å². The number of aromatic amines is 1. The first-order chi connectivity index (χ1) is 12.2. The van der Waals surface area contributed by atoms with Crippen LogP contribution in [-0.2, 0) is 20.7 Å². The fourth-order valence-electron chi connectivity index (χ4n) is 4.08. The van der Waals surface area contributed by atoms with Gasteiger partial charge in [0.25, 0.3) is 0 Å². The molecule has 1 atom stereocenters. The minimum atomic E-state index is -0.118. The molecule has 1 amide bonds. The molecule has 1 aromatic carbocycles. The molecule has 1 aromatic heterocycles. The van der Waals surface area contributed by atoms with Crippen LogP contribution in [0.4, 0.5) is 0 Å². The monoisotopic (exact) mass is 342 g/mol. The molecule has 0 aliphatic carbocycles. The first-order valence-electron chi connectivity index (χ1n) is 9.29. The number of nitrogens with one attached hydrogen (secondary N) is 1. The molecule has 0 bridgehead atoms. The van der Waals surface area contributed by atoms with Crippen LogP contribution in [0.3, 0.4) is 0 Å². The van der Waals surface area contributed by atoms with E-state index in [1.54, 1.807) is 0 Å². The van der Waals surface area contributed by atoms with E-state index in [1.807, 2.05) is 11.1 Å². The van der Waals surface area contributed by atoms with Gasteiger partial charge in [-0.25, -0.2) is 0 Å². The predicted molar refractivity (Wildman–Crippen MR) is 96.4 cm³/mol. The van der Waals surface area contributed by atoms with Crippen molar-refractivity contribution in [1.82, 2.24) is 9.88 Å². The van der Waals surface area contributed by atoms with Crippen molar-refractivity contribution in [2.45, 2.75) is 38.9 Å². The maximum Gasteiger partial charge on any atom is 0.222 e. The number of aromatic nitrogens is 1. The number of fused-ring (bicyclic) bond motifs is 1. The lowest BCUT2D eigenvalue weighted by atomic mass is 9.96. The maximum absolute atomic E-state index is 12.7. The molecule has 2 aliphatic heterocycles. The number of rotatable bonds is 4. The molecule has 0 spiro atoms. The van der Waals surface area contributed by atoms with Crippen molar-refractivity contribution < 1.29 is 14.3 Å². The van der Waals surface area contributed by atoms with Crippen LogP contribution in [0.5, 0.6) is 0 Å². The molecule has 25 heavy (non-hydrogen) atoms. The lowest BCUT2D eigenvalue weighted by molar-refractivity contribution is -0.139. The average molecular weight is 342 g/mol. The van der Waals surface area contributed by atoms with E-state index in [-0.39, 0.29) is 12.2 Å². The summed E-state index contributed by atoms with van der Waals surface area (Å²) in [6.07, 6.45) is 5.37. The van der Waals surface area contributed by atoms with Crippen LogP contribution in [0.1, 0.15) is 30.4 Å². The van der Waals surface area contributed by atoms with E-state index in [0.29, 0.717) is 25.6 Å². The number of carbonyl (C=O) groups is 1. The number of hydrogen-bond acceptors (Lipinski definition) is 3. The van der Waals surface area contributed by atoms with E-state index in [4.69, 9.17) is 9.47 Å². The molecule has 5 heteroatoms. The van der Waals surface area contributed by atoms with E-state index >= 15 is 0 Å². The molecule has 4 rings (SSSR count). The largest absolute Gasteiger partial charge is 0.361 e. The minimum Gasteiger partial charge on any atom is -0.361 e. The van der Waals surface area contributed by atoms with Crippen LogP contribution < -0.4 is 0 Å². The van der Waals surface area contributed by atoms with E-state index in [9.17, 15) is 4.79 Å². The fourth-order valence-corrected chi connectivity index (χ4v) is 4.08. The van der Waals surface area contributed by atoms with Crippen molar-refractivity contribution >= 4 is 16.8 Å². The third-order valence-corrected chi connectivity index (χ3v) is 5.46. The Hall–Kier alpha value is -1.85. The molecule has 2 aromatic rings. The van der Waals surface area contributed by atoms with Gasteiger partial charge in [0, 0.05) is 42.5 Å². The highest BCUT2D eigenvalue weighted by Crippen LogP contribution is 2.26. The third kappa shape index (κ3) is 3.44. The van der Waals surface area contributed by atoms with Crippen molar-refractivity contribution in [3.63, 3.8) is 0 Å². The first kappa shape index (κ1) is 16.6. The van der Waals surface area contributed by atoms with E-state index in [2.05, 4.69) is 30.1 Å². The number of aryl methyl sites for hydroxylation is 2. The van der Waals surface area contributed by atoms with Gasteiger partial charge in [0.1, 0.15) is 0 Å². The summed E-state index contributed by atoms with van der Waals surface area (Å²) in [7, 11) is 0. The molecule has 0 radical (unpaired) electrons. The summed E-state index contributed by atoms with van der Waals surface area (Å²) < 4.78 is 11.3. The van der Waals surface area contributed by atoms with Gasteiger partial charge in [-0.2, -0.15) is 0 Å². The number of piperidine rings is 1. The Labute approximate surface area is 148 Å². The number of para-hydroxylation sites is 1. The Kier molecular flexibility index (Phi) is 4.77. The van der Waals surface area contributed by atoms with Crippen molar-refractivity contribution in [1.29, 1.82) is 0 Å². The molecule has 0 saturated carbocycles. The molecular weight excluding hydrogens is 316 g/mol. The number of benzene rings is 1. The summed E-state index contributed by atoms with van der Waals surface area (Å²) in [5.74, 6) is 0.556. The molecule has 2 saturated heterocycles. The normalized spacial score (nSPS) is 22.0. The SMILES string of the molecule is Cc1cccc2c(CCC(=O)N3CCCC(C4OCCO4)C3)c[nH]c12. The van der Waals surface area contributed by atoms with E-state index in [1.165, 1.54) is 22.0 Å². The zero-order valence-corrected chi connectivity index (χ0v) is 14.8. The van der Waals surface area contributed by atoms with Crippen LogP contribution in [0.2, 0.25) is 0 Å². The third-order valence-electron chi connectivity index (χ3n) is 5.46. The van der Waals surface area contributed by atoms with Gasteiger partial charge in [-0.15, -0.1) is 0 Å². The Balaban J connectivity index is 1.37. The van der Waals surface area contributed by atoms with Crippen LogP contribution >= 0.6 is 0 Å². The fraction of sp³-hybridized carbons (Fsp3) is 0.550. The molecule has 2 fully saturated rings. The molecular formula is C20H26N2O3. The van der Waals surface area contributed by atoms with Crippen molar-refractivity contribution in [2.75, 3.05) is 26.3 Å². The van der Waals surface area contributed by atoms with Crippen molar-refractivity contribution in [2.24, 2.45) is 5.92 Å². The number of nitrogens with zero attached hydrogens (tertiary/aromatic N) is 1. The quantitative estimate of drug-likeness (QED) is 0.929. The molecule has 1 unspecified atom stereocenters. The number of likely N-dealkylation sites (tertiary alicyclic amines) is 1. The van der Waals surface area contributed by atoms with Crippen LogP contribution in [0.15, 0.2) is 24.4 Å². The lowest BCUT2D eigenvalue weighted by Gasteiger charge is -2.34. The Morgan fingerprint density at radius 3 is 3.00 bits per heavy atom. The molecule has 2 aliphatic rings. The second-order valence-electron chi connectivity index (χ2n) is 7.16. The second-order valence-corrected chi connectivity index (χ2v) is 7.16. The zero-order valence-electron chi connectivity index (χ0n) is 14.8. The van der Waals surface area contributed by atoms with E-state index < -0.39 is 0 Å². The maximum atomic E-state index is 12.7. The van der Waals surface area contributed by atoms with Gasteiger partial charge >= 0.3 is 0 Å². The number of carbonyl (C=O) groups excluding carboxylic acids is 1. The summed E-state index contributed by atoms with van der Waals surface area (Å²) in [5.41, 5.74) is 3.65. The summed E-state index contributed by atoms with van der Waals surface area (Å²) >= 11 is 0. The van der Waals surface area contributed by atoms with Gasteiger partial charge in [-0.1, -0.05) is 18.2 Å². The zero-order chi connectivity index (χ0) is 17.2.